The van der Waals surface area contributed by atoms with E-state index >= 15 is 0 Å². The molecule has 0 saturated carbocycles. The molecule has 0 spiro atoms. The average molecular weight is 269 g/mol. The van der Waals surface area contributed by atoms with Crippen molar-refractivity contribution in [2.24, 2.45) is 5.16 Å². The molecule has 1 rings (SSSR count). The van der Waals surface area contributed by atoms with Crippen LogP contribution in [0, 0.1) is 0 Å². The van der Waals surface area contributed by atoms with Gasteiger partial charge in [0.25, 0.3) is 0 Å². The van der Waals surface area contributed by atoms with Gasteiger partial charge in [0, 0.05) is 19.8 Å². The van der Waals surface area contributed by atoms with Gasteiger partial charge in [0.05, 0.1) is 19.4 Å². The zero-order chi connectivity index (χ0) is 13.9. The first-order valence-electron chi connectivity index (χ1n) is 5.86. The fourth-order valence-electron chi connectivity index (χ4n) is 1.37. The third-order valence-corrected chi connectivity index (χ3v) is 2.26. The van der Waals surface area contributed by atoms with Gasteiger partial charge in [-0.3, -0.25) is 0 Å². The molecular weight excluding hydrogens is 250 g/mol. The van der Waals surface area contributed by atoms with Crippen molar-refractivity contribution in [2.45, 2.75) is 0 Å². The second-order valence-corrected chi connectivity index (χ2v) is 3.63. The minimum Gasteiger partial charge on any atom is -0.487 e. The van der Waals surface area contributed by atoms with Crippen molar-refractivity contribution < 1.29 is 24.2 Å². The zero-order valence-electron chi connectivity index (χ0n) is 11.2. The van der Waals surface area contributed by atoms with E-state index in [2.05, 4.69) is 5.16 Å². The molecule has 1 aromatic rings. The normalized spacial score (nSPS) is 10.8. The largest absolute Gasteiger partial charge is 0.487 e. The van der Waals surface area contributed by atoms with Gasteiger partial charge in [0.2, 0.25) is 0 Å². The van der Waals surface area contributed by atoms with Crippen molar-refractivity contribution in [1.82, 2.24) is 0 Å². The van der Waals surface area contributed by atoms with Gasteiger partial charge >= 0.3 is 0 Å². The minimum absolute atomic E-state index is 0.414. The van der Waals surface area contributed by atoms with Crippen LogP contribution in [0.4, 0.5) is 0 Å². The predicted octanol–water partition coefficient (Wildman–Crippen LogP) is 1.55. The van der Waals surface area contributed by atoms with E-state index in [4.69, 9.17) is 24.2 Å². The monoisotopic (exact) mass is 269 g/mol. The number of nitrogens with zero attached hydrogens (tertiary/aromatic N) is 1. The third kappa shape index (κ3) is 5.58. The summed E-state index contributed by atoms with van der Waals surface area (Å²) >= 11 is 0. The maximum absolute atomic E-state index is 8.53. The fraction of sp³-hybridized carbons (Fsp3) is 0.462. The van der Waals surface area contributed by atoms with Gasteiger partial charge in [-0.05, 0) is 18.2 Å². The van der Waals surface area contributed by atoms with Crippen LogP contribution in [0.5, 0.6) is 11.5 Å². The van der Waals surface area contributed by atoms with Gasteiger partial charge < -0.3 is 24.2 Å². The topological polar surface area (TPSA) is 69.5 Å². The van der Waals surface area contributed by atoms with Crippen molar-refractivity contribution in [3.05, 3.63) is 23.8 Å². The van der Waals surface area contributed by atoms with E-state index in [1.54, 1.807) is 32.4 Å². The molecule has 0 amide bonds. The molecule has 0 bridgehead atoms. The Morgan fingerprint density at radius 2 is 1.63 bits per heavy atom. The van der Waals surface area contributed by atoms with Gasteiger partial charge in [-0.25, -0.2) is 0 Å². The molecule has 0 aliphatic carbocycles. The Kier molecular flexibility index (Phi) is 7.38. The summed E-state index contributed by atoms with van der Waals surface area (Å²) < 4.78 is 21.0. The third-order valence-electron chi connectivity index (χ3n) is 2.26. The van der Waals surface area contributed by atoms with Crippen molar-refractivity contribution >= 4 is 6.21 Å². The van der Waals surface area contributed by atoms with Crippen LogP contribution in [0.15, 0.2) is 23.4 Å². The highest BCUT2D eigenvalue weighted by atomic mass is 16.5. The molecule has 6 nitrogen and oxygen atoms in total. The molecule has 1 N–H and O–H groups in total. The Morgan fingerprint density at radius 1 is 1.00 bits per heavy atom. The molecule has 0 unspecified atom stereocenters. The molecule has 0 aromatic heterocycles. The minimum atomic E-state index is 0.414. The van der Waals surface area contributed by atoms with Gasteiger partial charge in [-0.1, -0.05) is 5.16 Å². The number of oxime groups is 1. The molecule has 0 aliphatic heterocycles. The highest BCUT2D eigenvalue weighted by Crippen LogP contribution is 2.28. The van der Waals surface area contributed by atoms with E-state index in [-0.39, 0.29) is 0 Å². The molecule has 0 radical (unpaired) electrons. The second kappa shape index (κ2) is 9.18. The molecule has 0 atom stereocenters. The van der Waals surface area contributed by atoms with Gasteiger partial charge in [-0.2, -0.15) is 0 Å². The van der Waals surface area contributed by atoms with Crippen LogP contribution in [-0.2, 0) is 9.47 Å². The summed E-state index contributed by atoms with van der Waals surface area (Å²) in [5, 5.41) is 11.5. The lowest BCUT2D eigenvalue weighted by atomic mass is 10.2. The lowest BCUT2D eigenvalue weighted by Crippen LogP contribution is -2.08. The highest BCUT2D eigenvalue weighted by Gasteiger charge is 2.06. The van der Waals surface area contributed by atoms with E-state index in [1.165, 1.54) is 6.21 Å². The van der Waals surface area contributed by atoms with E-state index in [9.17, 15) is 0 Å². The SMILES string of the molecule is COCCOc1ccc(C=NO)cc1OCCOC. The van der Waals surface area contributed by atoms with Gasteiger partial charge in [0.15, 0.2) is 11.5 Å². The van der Waals surface area contributed by atoms with Crippen molar-refractivity contribution in [3.8, 4) is 11.5 Å². The first-order valence-corrected chi connectivity index (χ1v) is 5.86. The molecule has 0 saturated heterocycles. The van der Waals surface area contributed by atoms with Crippen LogP contribution in [0.2, 0.25) is 0 Å². The molecule has 0 fully saturated rings. The summed E-state index contributed by atoms with van der Waals surface area (Å²) in [6.07, 6.45) is 1.32. The number of hydrogen-bond acceptors (Lipinski definition) is 6. The van der Waals surface area contributed by atoms with E-state index in [0.717, 1.165) is 0 Å². The summed E-state index contributed by atoms with van der Waals surface area (Å²) in [4.78, 5) is 0. The predicted molar refractivity (Wildman–Crippen MR) is 70.6 cm³/mol. The lowest BCUT2D eigenvalue weighted by Gasteiger charge is -2.13. The number of methoxy groups -OCH3 is 2. The van der Waals surface area contributed by atoms with Crippen LogP contribution in [-0.4, -0.2) is 52.1 Å². The quantitative estimate of drug-likeness (QED) is 0.319. The molecule has 19 heavy (non-hydrogen) atoms. The molecule has 6 heteroatoms. The van der Waals surface area contributed by atoms with Crippen LogP contribution >= 0.6 is 0 Å². The van der Waals surface area contributed by atoms with Crippen LogP contribution in [0.25, 0.3) is 0 Å². The maximum Gasteiger partial charge on any atom is 0.161 e. The zero-order valence-corrected chi connectivity index (χ0v) is 11.2. The smallest absolute Gasteiger partial charge is 0.161 e. The lowest BCUT2D eigenvalue weighted by molar-refractivity contribution is 0.132. The average Bonchev–Trinajstić information content (AvgIpc) is 2.42. The number of hydrogen-bond donors (Lipinski definition) is 1. The molecule has 1 aromatic carbocycles. The van der Waals surface area contributed by atoms with Gasteiger partial charge in [0.1, 0.15) is 13.2 Å². The van der Waals surface area contributed by atoms with Crippen molar-refractivity contribution in [2.75, 3.05) is 40.6 Å². The number of rotatable bonds is 9. The molecular formula is C13H19NO5. The molecule has 0 heterocycles. The second-order valence-electron chi connectivity index (χ2n) is 3.63. The summed E-state index contributed by atoms with van der Waals surface area (Å²) in [6.45, 7) is 1.83. The van der Waals surface area contributed by atoms with Crippen molar-refractivity contribution in [1.29, 1.82) is 0 Å². The Labute approximate surface area is 112 Å². The maximum atomic E-state index is 8.53. The van der Waals surface area contributed by atoms with E-state index in [0.29, 0.717) is 43.5 Å². The Morgan fingerprint density at radius 3 is 2.21 bits per heavy atom. The first kappa shape index (κ1) is 15.3. The fourth-order valence-corrected chi connectivity index (χ4v) is 1.37. The first-order chi connectivity index (χ1) is 9.31. The molecule has 0 aliphatic rings. The summed E-state index contributed by atoms with van der Waals surface area (Å²) in [5.41, 5.74) is 0.717. The van der Waals surface area contributed by atoms with E-state index < -0.39 is 0 Å². The number of benzene rings is 1. The molecule has 106 valence electrons. The summed E-state index contributed by atoms with van der Waals surface area (Å²) in [7, 11) is 3.22. The Balaban J connectivity index is 2.74. The van der Waals surface area contributed by atoms with Gasteiger partial charge in [-0.15, -0.1) is 0 Å². The van der Waals surface area contributed by atoms with Crippen molar-refractivity contribution in [3.63, 3.8) is 0 Å². The Bertz CT molecular complexity index is 395. The summed E-state index contributed by atoms with van der Waals surface area (Å²) in [5.74, 6) is 1.19. The van der Waals surface area contributed by atoms with Crippen LogP contribution in [0.1, 0.15) is 5.56 Å². The number of ether oxygens (including phenoxy) is 4. The highest BCUT2D eigenvalue weighted by molar-refractivity contribution is 5.80. The standard InChI is InChI=1S/C13H19NO5/c1-16-5-7-18-12-4-3-11(10-14-15)9-13(12)19-8-6-17-2/h3-4,9-10,15H,5-8H2,1-2H3. The van der Waals surface area contributed by atoms with Crippen LogP contribution < -0.4 is 9.47 Å². The Hall–Kier alpha value is -1.79. The summed E-state index contributed by atoms with van der Waals surface area (Å²) in [6, 6.07) is 5.26. The van der Waals surface area contributed by atoms with Crippen LogP contribution in [0.3, 0.4) is 0 Å². The van der Waals surface area contributed by atoms with E-state index in [1.807, 2.05) is 0 Å².